The van der Waals surface area contributed by atoms with E-state index in [9.17, 15) is 0 Å². The monoisotopic (exact) mass is 376 g/mol. The molecule has 2 aromatic carbocycles. The van der Waals surface area contributed by atoms with Crippen molar-refractivity contribution in [2.45, 2.75) is 80.1 Å². The first-order chi connectivity index (χ1) is 13.4. The highest BCUT2D eigenvalue weighted by atomic mass is 14.8. The first-order valence-corrected chi connectivity index (χ1v) is 10.7. The lowest BCUT2D eigenvalue weighted by Gasteiger charge is -2.11. The third-order valence-electron chi connectivity index (χ3n) is 5.44. The van der Waals surface area contributed by atoms with Crippen LogP contribution in [-0.4, -0.2) is 11.4 Å². The third-order valence-corrected chi connectivity index (χ3v) is 5.44. The fraction of sp³-hybridized carbons (Fsp3) is 0.462. The van der Waals surface area contributed by atoms with Gasteiger partial charge in [0.25, 0.3) is 0 Å². The number of aliphatic imine (C=N–C) groups is 2. The van der Waals surface area contributed by atoms with Crippen LogP contribution in [0, 0.1) is 27.7 Å². The summed E-state index contributed by atoms with van der Waals surface area (Å²) >= 11 is 0. The Morgan fingerprint density at radius 1 is 0.643 bits per heavy atom. The maximum Gasteiger partial charge on any atom is 0.0636 e. The number of hydrogen-bond donors (Lipinski definition) is 0. The van der Waals surface area contributed by atoms with E-state index in [2.05, 4.69) is 77.9 Å². The summed E-state index contributed by atoms with van der Waals surface area (Å²) in [6.45, 7) is 13.0. The lowest BCUT2D eigenvalue weighted by molar-refractivity contribution is 0.684. The first kappa shape index (κ1) is 22.1. The van der Waals surface area contributed by atoms with Crippen molar-refractivity contribution in [1.82, 2.24) is 0 Å². The summed E-state index contributed by atoms with van der Waals surface area (Å²) in [4.78, 5) is 10.1. The Morgan fingerprint density at radius 3 is 1.64 bits per heavy atom. The Bertz CT molecular complexity index is 844. The molecule has 0 aliphatic carbocycles. The van der Waals surface area contributed by atoms with Gasteiger partial charge in [0.05, 0.1) is 22.8 Å². The van der Waals surface area contributed by atoms with E-state index >= 15 is 0 Å². The zero-order valence-corrected chi connectivity index (χ0v) is 18.6. The summed E-state index contributed by atoms with van der Waals surface area (Å²) in [6, 6.07) is 12.9. The number of rotatable bonds is 9. The van der Waals surface area contributed by atoms with Crippen molar-refractivity contribution in [2.75, 3.05) is 0 Å². The Labute approximate surface area is 171 Å². The van der Waals surface area contributed by atoms with Crippen LogP contribution in [0.4, 0.5) is 11.4 Å². The zero-order chi connectivity index (χ0) is 20.5. The maximum atomic E-state index is 5.05. The highest BCUT2D eigenvalue weighted by Crippen LogP contribution is 2.22. The predicted octanol–water partition coefficient (Wildman–Crippen LogP) is 8.15. The fourth-order valence-electron chi connectivity index (χ4n) is 3.23. The Morgan fingerprint density at radius 2 is 1.18 bits per heavy atom. The van der Waals surface area contributed by atoms with Crippen LogP contribution in [-0.2, 0) is 0 Å². The molecule has 2 aromatic rings. The lowest BCUT2D eigenvalue weighted by Crippen LogP contribution is -2.13. The third kappa shape index (κ3) is 6.44. The topological polar surface area (TPSA) is 24.7 Å². The summed E-state index contributed by atoms with van der Waals surface area (Å²) in [5.41, 5.74) is 9.50. The van der Waals surface area contributed by atoms with Gasteiger partial charge in [-0.1, -0.05) is 45.2 Å². The van der Waals surface area contributed by atoms with Crippen molar-refractivity contribution in [1.29, 1.82) is 0 Å². The number of unbranched alkanes of at least 4 members (excludes halogenated alkanes) is 3. The van der Waals surface area contributed by atoms with Gasteiger partial charge >= 0.3 is 0 Å². The van der Waals surface area contributed by atoms with Gasteiger partial charge in [-0.3, -0.25) is 9.98 Å². The highest BCUT2D eigenvalue weighted by molar-refractivity contribution is 6.43. The van der Waals surface area contributed by atoms with Crippen LogP contribution in [0.2, 0.25) is 0 Å². The van der Waals surface area contributed by atoms with Crippen LogP contribution in [0.1, 0.15) is 74.6 Å². The number of nitrogens with zero attached hydrogens (tertiary/aromatic N) is 2. The van der Waals surface area contributed by atoms with E-state index in [1.165, 1.54) is 47.9 Å². The normalized spacial score (nSPS) is 12.5. The van der Waals surface area contributed by atoms with Crippen LogP contribution in [0.25, 0.3) is 0 Å². The van der Waals surface area contributed by atoms with Crippen molar-refractivity contribution in [3.05, 3.63) is 58.7 Å². The molecule has 0 unspecified atom stereocenters. The molecule has 0 aliphatic heterocycles. The quantitative estimate of drug-likeness (QED) is 0.311. The van der Waals surface area contributed by atoms with Crippen LogP contribution < -0.4 is 0 Å². The van der Waals surface area contributed by atoms with Gasteiger partial charge < -0.3 is 0 Å². The molecular weight excluding hydrogens is 340 g/mol. The van der Waals surface area contributed by atoms with Gasteiger partial charge in [-0.05, 0) is 93.5 Å². The fourth-order valence-corrected chi connectivity index (χ4v) is 3.23. The highest BCUT2D eigenvalue weighted by Gasteiger charge is 2.09. The molecule has 2 heteroatoms. The van der Waals surface area contributed by atoms with Crippen LogP contribution in [0.5, 0.6) is 0 Å². The van der Waals surface area contributed by atoms with Crippen molar-refractivity contribution in [3.63, 3.8) is 0 Å². The van der Waals surface area contributed by atoms with E-state index in [0.717, 1.165) is 35.6 Å². The molecule has 0 atom stereocenters. The molecule has 0 saturated heterocycles. The lowest BCUT2D eigenvalue weighted by atomic mass is 10.0. The van der Waals surface area contributed by atoms with Crippen LogP contribution >= 0.6 is 0 Å². The smallest absolute Gasteiger partial charge is 0.0636 e. The minimum Gasteiger partial charge on any atom is -0.252 e. The van der Waals surface area contributed by atoms with Gasteiger partial charge in [-0.25, -0.2) is 0 Å². The Hall–Kier alpha value is -2.22. The molecule has 0 heterocycles. The molecule has 0 aliphatic rings. The number of aryl methyl sites for hydroxylation is 4. The zero-order valence-electron chi connectivity index (χ0n) is 18.6. The summed E-state index contributed by atoms with van der Waals surface area (Å²) in [5, 5.41) is 0. The number of benzene rings is 2. The minimum absolute atomic E-state index is 0.893. The van der Waals surface area contributed by atoms with Crippen molar-refractivity contribution in [3.8, 4) is 0 Å². The van der Waals surface area contributed by atoms with E-state index in [1.807, 2.05) is 0 Å². The molecule has 0 radical (unpaired) electrons. The molecule has 2 rings (SSSR count). The summed E-state index contributed by atoms with van der Waals surface area (Å²) in [5.74, 6) is 0. The minimum atomic E-state index is 0.893. The van der Waals surface area contributed by atoms with E-state index < -0.39 is 0 Å². The summed E-state index contributed by atoms with van der Waals surface area (Å²) < 4.78 is 0. The summed E-state index contributed by atoms with van der Waals surface area (Å²) in [6.07, 6.45) is 6.84. The van der Waals surface area contributed by atoms with Gasteiger partial charge in [0.15, 0.2) is 0 Å². The Kier molecular flexibility index (Phi) is 8.63. The van der Waals surface area contributed by atoms with E-state index in [0.29, 0.717) is 0 Å². The predicted molar refractivity (Wildman–Crippen MR) is 125 cm³/mol. The molecule has 0 saturated carbocycles. The van der Waals surface area contributed by atoms with Gasteiger partial charge in [0.1, 0.15) is 0 Å². The molecular formula is C26H36N2. The number of hydrogen-bond acceptors (Lipinski definition) is 2. The van der Waals surface area contributed by atoms with Gasteiger partial charge in [0.2, 0.25) is 0 Å². The van der Waals surface area contributed by atoms with Gasteiger partial charge in [-0.2, -0.15) is 0 Å². The molecule has 0 spiro atoms. The van der Waals surface area contributed by atoms with Crippen molar-refractivity contribution in [2.24, 2.45) is 9.98 Å². The molecule has 28 heavy (non-hydrogen) atoms. The van der Waals surface area contributed by atoms with Gasteiger partial charge in [-0.15, -0.1) is 0 Å². The maximum absolute atomic E-state index is 5.05. The molecule has 0 amide bonds. The van der Waals surface area contributed by atoms with Crippen LogP contribution in [0.3, 0.4) is 0 Å². The molecule has 150 valence electrons. The van der Waals surface area contributed by atoms with E-state index in [1.54, 1.807) is 0 Å². The first-order valence-electron chi connectivity index (χ1n) is 10.7. The second kappa shape index (κ2) is 10.9. The summed E-state index contributed by atoms with van der Waals surface area (Å²) in [7, 11) is 0. The van der Waals surface area contributed by atoms with E-state index in [-0.39, 0.29) is 0 Å². The molecule has 2 nitrogen and oxygen atoms in total. The average Bonchev–Trinajstić information content (AvgIpc) is 2.68. The Balaban J connectivity index is 2.38. The van der Waals surface area contributed by atoms with Crippen molar-refractivity contribution >= 4 is 22.8 Å². The van der Waals surface area contributed by atoms with Crippen LogP contribution in [0.15, 0.2) is 46.4 Å². The van der Waals surface area contributed by atoms with Gasteiger partial charge in [0, 0.05) is 0 Å². The average molecular weight is 377 g/mol. The standard InChI is InChI=1S/C26H36N2/c1-7-9-10-11-12-26(28-24-16-14-20(4)22(6)18-24)25(8-2)27-23-15-13-19(3)21(5)17-23/h13-18H,7-12H2,1-6H3. The molecule has 0 N–H and O–H groups in total. The largest absolute Gasteiger partial charge is 0.252 e. The molecule has 0 bridgehead atoms. The second-order valence-electron chi connectivity index (χ2n) is 7.82. The molecule has 0 aromatic heterocycles. The molecule has 0 fully saturated rings. The SMILES string of the molecule is CCCCCCC(=Nc1ccc(C)c(C)c1)C(CC)=Nc1ccc(C)c(C)c1. The second-order valence-corrected chi connectivity index (χ2v) is 7.82. The van der Waals surface area contributed by atoms with E-state index in [4.69, 9.17) is 9.98 Å². The van der Waals surface area contributed by atoms with Crippen molar-refractivity contribution < 1.29 is 0 Å².